The highest BCUT2D eigenvalue weighted by Gasteiger charge is 2.27. The van der Waals surface area contributed by atoms with Gasteiger partial charge in [-0.15, -0.1) is 0 Å². The Morgan fingerprint density at radius 1 is 1.43 bits per heavy atom. The molecule has 1 N–H and O–H groups in total. The number of aromatic nitrogens is 2. The topological polar surface area (TPSA) is 96.5 Å². The molecule has 108 valence electrons. The normalized spacial score (nSPS) is 13.9. The van der Waals surface area contributed by atoms with Crippen LogP contribution < -0.4 is 0 Å². The number of nitrogens with zero attached hydrogens (tertiary/aromatic N) is 3. The zero-order valence-corrected chi connectivity index (χ0v) is 11.4. The maximum absolute atomic E-state index is 12.3. The fraction of sp³-hybridized carbons (Fsp3) is 0.286. The minimum atomic E-state index is -1.01. The SMILES string of the molecule is Cc1cc(C(=O)N2CCc3nccc(C(=O)O)c3C2)no1. The van der Waals surface area contributed by atoms with E-state index in [0.29, 0.717) is 24.3 Å². The van der Waals surface area contributed by atoms with Crippen LogP contribution in [0.5, 0.6) is 0 Å². The number of aromatic carboxylic acids is 1. The summed E-state index contributed by atoms with van der Waals surface area (Å²) in [7, 11) is 0. The lowest BCUT2D eigenvalue weighted by Crippen LogP contribution is -2.37. The summed E-state index contributed by atoms with van der Waals surface area (Å²) in [6.07, 6.45) is 2.01. The number of carbonyl (C=O) groups is 2. The highest BCUT2D eigenvalue weighted by atomic mass is 16.5. The van der Waals surface area contributed by atoms with E-state index in [2.05, 4.69) is 10.1 Å². The van der Waals surface area contributed by atoms with Crippen LogP contribution in [0.2, 0.25) is 0 Å². The first kappa shape index (κ1) is 13.3. The molecule has 2 aromatic heterocycles. The maximum Gasteiger partial charge on any atom is 0.336 e. The summed E-state index contributed by atoms with van der Waals surface area (Å²) in [5, 5.41) is 12.9. The largest absolute Gasteiger partial charge is 0.478 e. The number of hydrogen-bond acceptors (Lipinski definition) is 5. The van der Waals surface area contributed by atoms with Crippen LogP contribution in [-0.2, 0) is 13.0 Å². The molecule has 1 aliphatic rings. The van der Waals surface area contributed by atoms with E-state index in [0.717, 1.165) is 5.69 Å². The van der Waals surface area contributed by atoms with Crippen LogP contribution in [0.25, 0.3) is 0 Å². The summed E-state index contributed by atoms with van der Waals surface area (Å²) in [6, 6.07) is 3.02. The molecule has 0 atom stereocenters. The molecule has 0 radical (unpaired) electrons. The molecule has 7 heteroatoms. The molecule has 0 unspecified atom stereocenters. The standard InChI is InChI=1S/C14H13N3O4/c1-8-6-12(16-21-8)13(18)17-5-3-11-10(7-17)9(14(19)20)2-4-15-11/h2,4,6H,3,5,7H2,1H3,(H,19,20). The van der Waals surface area contributed by atoms with Gasteiger partial charge in [-0.05, 0) is 13.0 Å². The minimum Gasteiger partial charge on any atom is -0.478 e. The molecule has 3 rings (SSSR count). The van der Waals surface area contributed by atoms with Gasteiger partial charge >= 0.3 is 5.97 Å². The molecule has 1 amide bonds. The zero-order valence-electron chi connectivity index (χ0n) is 11.4. The van der Waals surface area contributed by atoms with Gasteiger partial charge in [0.1, 0.15) is 5.76 Å². The molecular weight excluding hydrogens is 274 g/mol. The quantitative estimate of drug-likeness (QED) is 0.893. The Labute approximate surface area is 120 Å². The van der Waals surface area contributed by atoms with Crippen molar-refractivity contribution in [1.82, 2.24) is 15.0 Å². The second kappa shape index (κ2) is 5.01. The molecule has 2 aromatic rings. The van der Waals surface area contributed by atoms with Crippen molar-refractivity contribution in [2.24, 2.45) is 0 Å². The van der Waals surface area contributed by atoms with E-state index >= 15 is 0 Å². The lowest BCUT2D eigenvalue weighted by atomic mass is 10.00. The van der Waals surface area contributed by atoms with Crippen molar-refractivity contribution in [2.75, 3.05) is 6.54 Å². The van der Waals surface area contributed by atoms with Crippen LogP contribution in [0, 0.1) is 6.92 Å². The first-order valence-electron chi connectivity index (χ1n) is 6.49. The van der Waals surface area contributed by atoms with Crippen LogP contribution >= 0.6 is 0 Å². The molecule has 7 nitrogen and oxygen atoms in total. The Morgan fingerprint density at radius 3 is 2.90 bits per heavy atom. The first-order valence-corrected chi connectivity index (χ1v) is 6.49. The van der Waals surface area contributed by atoms with Crippen molar-refractivity contribution in [3.63, 3.8) is 0 Å². The molecule has 0 fully saturated rings. The summed E-state index contributed by atoms with van der Waals surface area (Å²) < 4.78 is 4.90. The molecule has 0 aliphatic carbocycles. The van der Waals surface area contributed by atoms with Crippen LogP contribution in [0.1, 0.15) is 37.9 Å². The van der Waals surface area contributed by atoms with Crippen molar-refractivity contribution < 1.29 is 19.2 Å². The van der Waals surface area contributed by atoms with Gasteiger partial charge in [0.25, 0.3) is 5.91 Å². The third-order valence-electron chi connectivity index (χ3n) is 3.48. The number of rotatable bonds is 2. The highest BCUT2D eigenvalue weighted by molar-refractivity contribution is 5.93. The van der Waals surface area contributed by atoms with Crippen LogP contribution in [-0.4, -0.2) is 38.6 Å². The number of fused-ring (bicyclic) bond motifs is 1. The summed E-state index contributed by atoms with van der Waals surface area (Å²) in [6.45, 7) is 2.41. The van der Waals surface area contributed by atoms with Crippen LogP contribution in [0.4, 0.5) is 0 Å². The molecule has 0 bridgehead atoms. The second-order valence-corrected chi connectivity index (χ2v) is 4.89. The van der Waals surface area contributed by atoms with Gasteiger partial charge in [-0.25, -0.2) is 4.79 Å². The number of aryl methyl sites for hydroxylation is 1. The van der Waals surface area contributed by atoms with Gasteiger partial charge in [-0.2, -0.15) is 0 Å². The van der Waals surface area contributed by atoms with Gasteiger partial charge in [0.2, 0.25) is 0 Å². The van der Waals surface area contributed by atoms with Crippen LogP contribution in [0.3, 0.4) is 0 Å². The van der Waals surface area contributed by atoms with E-state index in [-0.39, 0.29) is 23.7 Å². The average molecular weight is 287 g/mol. The van der Waals surface area contributed by atoms with E-state index in [4.69, 9.17) is 4.52 Å². The van der Waals surface area contributed by atoms with Crippen molar-refractivity contribution in [2.45, 2.75) is 19.9 Å². The highest BCUT2D eigenvalue weighted by Crippen LogP contribution is 2.22. The van der Waals surface area contributed by atoms with Crippen molar-refractivity contribution in [3.05, 3.63) is 46.6 Å². The third kappa shape index (κ3) is 2.37. The Hall–Kier alpha value is -2.70. The lowest BCUT2D eigenvalue weighted by Gasteiger charge is -2.28. The lowest BCUT2D eigenvalue weighted by molar-refractivity contribution is 0.0673. The van der Waals surface area contributed by atoms with Crippen molar-refractivity contribution in [1.29, 1.82) is 0 Å². The monoisotopic (exact) mass is 287 g/mol. The average Bonchev–Trinajstić information content (AvgIpc) is 2.91. The van der Waals surface area contributed by atoms with E-state index < -0.39 is 5.97 Å². The third-order valence-corrected chi connectivity index (χ3v) is 3.48. The molecular formula is C14H13N3O4. The Balaban J connectivity index is 1.90. The Morgan fingerprint density at radius 2 is 2.24 bits per heavy atom. The number of carboxylic acids is 1. The fourth-order valence-electron chi connectivity index (χ4n) is 2.44. The second-order valence-electron chi connectivity index (χ2n) is 4.89. The first-order chi connectivity index (χ1) is 10.1. The predicted molar refractivity (Wildman–Crippen MR) is 70.9 cm³/mol. The summed E-state index contributed by atoms with van der Waals surface area (Å²) in [4.78, 5) is 29.4. The molecule has 0 saturated heterocycles. The summed E-state index contributed by atoms with van der Waals surface area (Å²) in [5.41, 5.74) is 1.74. The molecule has 0 saturated carbocycles. The smallest absolute Gasteiger partial charge is 0.336 e. The molecule has 3 heterocycles. The van der Waals surface area contributed by atoms with Gasteiger partial charge in [0, 0.05) is 43.0 Å². The Bertz CT molecular complexity index is 723. The molecule has 0 aromatic carbocycles. The van der Waals surface area contributed by atoms with Gasteiger partial charge < -0.3 is 14.5 Å². The van der Waals surface area contributed by atoms with E-state index in [1.54, 1.807) is 17.9 Å². The maximum atomic E-state index is 12.3. The van der Waals surface area contributed by atoms with Crippen molar-refractivity contribution in [3.8, 4) is 0 Å². The minimum absolute atomic E-state index is 0.189. The number of hydrogen-bond donors (Lipinski definition) is 1. The van der Waals surface area contributed by atoms with E-state index in [1.165, 1.54) is 12.3 Å². The van der Waals surface area contributed by atoms with E-state index in [9.17, 15) is 14.7 Å². The van der Waals surface area contributed by atoms with Gasteiger partial charge in [0.05, 0.1) is 5.56 Å². The number of carbonyl (C=O) groups excluding carboxylic acids is 1. The van der Waals surface area contributed by atoms with E-state index in [1.807, 2.05) is 0 Å². The summed E-state index contributed by atoms with van der Waals surface area (Å²) >= 11 is 0. The molecule has 21 heavy (non-hydrogen) atoms. The number of pyridine rings is 1. The Kier molecular flexibility index (Phi) is 3.17. The van der Waals surface area contributed by atoms with Gasteiger partial charge in [-0.1, -0.05) is 5.16 Å². The summed E-state index contributed by atoms with van der Waals surface area (Å²) in [5.74, 6) is -0.721. The van der Waals surface area contributed by atoms with Gasteiger partial charge in [-0.3, -0.25) is 9.78 Å². The van der Waals surface area contributed by atoms with Crippen LogP contribution in [0.15, 0.2) is 22.9 Å². The molecule has 1 aliphatic heterocycles. The fourth-order valence-corrected chi connectivity index (χ4v) is 2.44. The van der Waals surface area contributed by atoms with Crippen molar-refractivity contribution >= 4 is 11.9 Å². The number of carboxylic acid groups (broad SMARTS) is 1. The zero-order chi connectivity index (χ0) is 15.0. The molecule has 0 spiro atoms. The number of amides is 1. The predicted octanol–water partition coefficient (Wildman–Crippen LogP) is 1.27. The van der Waals surface area contributed by atoms with Gasteiger partial charge in [0.15, 0.2) is 5.69 Å².